The van der Waals surface area contributed by atoms with Crippen molar-refractivity contribution in [3.05, 3.63) is 12.2 Å². The maximum atomic E-state index is 11.5. The highest BCUT2D eigenvalue weighted by Gasteiger charge is 2.50. The van der Waals surface area contributed by atoms with Crippen molar-refractivity contribution in [3.63, 3.8) is 0 Å². The Morgan fingerprint density at radius 3 is 2.42 bits per heavy atom. The lowest BCUT2D eigenvalue weighted by molar-refractivity contribution is -0.143. The molecule has 0 spiro atoms. The summed E-state index contributed by atoms with van der Waals surface area (Å²) >= 11 is 0. The Hall–Kier alpha value is -0.590. The van der Waals surface area contributed by atoms with E-state index < -0.39 is 0 Å². The number of ketones is 1. The minimum Gasteiger partial charge on any atom is -0.299 e. The predicted molar refractivity (Wildman–Crippen MR) is 50.9 cm³/mol. The Bertz CT molecular complexity index is 199. The first kappa shape index (κ1) is 9.50. The molecule has 0 radical (unpaired) electrons. The summed E-state index contributed by atoms with van der Waals surface area (Å²) in [5, 5.41) is 0. The minimum absolute atomic E-state index is 0.00646. The molecule has 1 saturated carbocycles. The average molecular weight is 166 g/mol. The van der Waals surface area contributed by atoms with Gasteiger partial charge in [0.1, 0.15) is 5.78 Å². The summed E-state index contributed by atoms with van der Waals surface area (Å²) in [6.45, 7) is 6.27. The highest BCUT2D eigenvalue weighted by atomic mass is 16.1. The van der Waals surface area contributed by atoms with Crippen LogP contribution < -0.4 is 0 Å². The fourth-order valence-electron chi connectivity index (χ4n) is 2.33. The topological polar surface area (TPSA) is 17.1 Å². The molecule has 0 amide bonds. The summed E-state index contributed by atoms with van der Waals surface area (Å²) in [6, 6.07) is 0. The lowest BCUT2D eigenvalue weighted by Crippen LogP contribution is -2.48. The van der Waals surface area contributed by atoms with Crippen molar-refractivity contribution in [3.8, 4) is 0 Å². The van der Waals surface area contributed by atoms with Crippen LogP contribution >= 0.6 is 0 Å². The third-order valence-electron chi connectivity index (χ3n) is 3.36. The summed E-state index contributed by atoms with van der Waals surface area (Å²) in [5.74, 6) is 0.987. The van der Waals surface area contributed by atoms with Crippen LogP contribution in [-0.2, 0) is 4.79 Å². The molecular weight excluding hydrogens is 148 g/mol. The van der Waals surface area contributed by atoms with Gasteiger partial charge in [-0.05, 0) is 25.7 Å². The van der Waals surface area contributed by atoms with Gasteiger partial charge >= 0.3 is 0 Å². The molecule has 0 aromatic rings. The van der Waals surface area contributed by atoms with Gasteiger partial charge in [0.05, 0.1) is 0 Å². The SMILES string of the molecule is C/C=C/[C@@H]1CC(=O)C1(CC)CC. The molecule has 12 heavy (non-hydrogen) atoms. The minimum atomic E-state index is 0.00646. The molecule has 0 aliphatic heterocycles. The Kier molecular flexibility index (Phi) is 2.71. The molecule has 0 saturated heterocycles. The molecule has 0 aromatic carbocycles. The molecule has 1 heteroatoms. The number of Topliss-reactive ketones (excluding diaryl/α,β-unsaturated/α-hetero) is 1. The predicted octanol–water partition coefficient (Wildman–Crippen LogP) is 2.96. The largest absolute Gasteiger partial charge is 0.299 e. The molecule has 0 N–H and O–H groups in total. The zero-order valence-electron chi connectivity index (χ0n) is 8.26. The lowest BCUT2D eigenvalue weighted by Gasteiger charge is -2.45. The van der Waals surface area contributed by atoms with Crippen molar-refractivity contribution < 1.29 is 4.79 Å². The normalized spacial score (nSPS) is 27.6. The summed E-state index contributed by atoms with van der Waals surface area (Å²) in [7, 11) is 0. The summed E-state index contributed by atoms with van der Waals surface area (Å²) in [4.78, 5) is 11.5. The van der Waals surface area contributed by atoms with Crippen molar-refractivity contribution in [1.82, 2.24) is 0 Å². The molecule has 0 unspecified atom stereocenters. The Morgan fingerprint density at radius 1 is 1.50 bits per heavy atom. The zero-order valence-corrected chi connectivity index (χ0v) is 8.26. The summed E-state index contributed by atoms with van der Waals surface area (Å²) in [5.41, 5.74) is 0.00646. The smallest absolute Gasteiger partial charge is 0.140 e. The average Bonchev–Trinajstić information content (AvgIpc) is 2.07. The fourth-order valence-corrected chi connectivity index (χ4v) is 2.33. The highest BCUT2D eigenvalue weighted by Crippen LogP contribution is 2.49. The van der Waals surface area contributed by atoms with Crippen molar-refractivity contribution in [2.75, 3.05) is 0 Å². The monoisotopic (exact) mass is 166 g/mol. The maximum Gasteiger partial charge on any atom is 0.140 e. The van der Waals surface area contributed by atoms with Crippen LogP contribution in [0.1, 0.15) is 40.0 Å². The van der Waals surface area contributed by atoms with E-state index in [1.165, 1.54) is 0 Å². The molecule has 68 valence electrons. The Balaban J connectivity index is 2.76. The van der Waals surface area contributed by atoms with Gasteiger partial charge in [0.15, 0.2) is 0 Å². The summed E-state index contributed by atoms with van der Waals surface area (Å²) < 4.78 is 0. The number of hydrogen-bond acceptors (Lipinski definition) is 1. The highest BCUT2D eigenvalue weighted by molar-refractivity contribution is 5.92. The van der Waals surface area contributed by atoms with Gasteiger partial charge in [0.25, 0.3) is 0 Å². The van der Waals surface area contributed by atoms with Crippen LogP contribution in [0.2, 0.25) is 0 Å². The van der Waals surface area contributed by atoms with Gasteiger partial charge in [-0.2, -0.15) is 0 Å². The van der Waals surface area contributed by atoms with Gasteiger partial charge in [-0.1, -0.05) is 26.0 Å². The third-order valence-corrected chi connectivity index (χ3v) is 3.36. The van der Waals surface area contributed by atoms with Crippen molar-refractivity contribution in [2.45, 2.75) is 40.0 Å². The number of hydrogen-bond donors (Lipinski definition) is 0. The van der Waals surface area contributed by atoms with Gasteiger partial charge < -0.3 is 0 Å². The standard InChI is InChI=1S/C11H18O/c1-4-7-9-8-10(12)11(9,5-2)6-3/h4,7,9H,5-6,8H2,1-3H3/b7-4+/t9-/m1/s1. The van der Waals surface area contributed by atoms with E-state index in [-0.39, 0.29) is 5.41 Å². The van der Waals surface area contributed by atoms with E-state index in [0.717, 1.165) is 19.3 Å². The van der Waals surface area contributed by atoms with Crippen molar-refractivity contribution in [2.24, 2.45) is 11.3 Å². The van der Waals surface area contributed by atoms with E-state index in [4.69, 9.17) is 0 Å². The van der Waals surface area contributed by atoms with Gasteiger partial charge in [-0.3, -0.25) is 4.79 Å². The van der Waals surface area contributed by atoms with Crippen LogP contribution in [0.3, 0.4) is 0 Å². The maximum absolute atomic E-state index is 11.5. The number of carbonyl (C=O) groups excluding carboxylic acids is 1. The Labute approximate surface area is 74.9 Å². The van der Waals surface area contributed by atoms with E-state index in [2.05, 4.69) is 26.0 Å². The second kappa shape index (κ2) is 3.42. The van der Waals surface area contributed by atoms with Crippen LogP contribution in [0.15, 0.2) is 12.2 Å². The van der Waals surface area contributed by atoms with Gasteiger partial charge in [-0.15, -0.1) is 0 Å². The first-order valence-corrected chi connectivity index (χ1v) is 4.87. The Morgan fingerprint density at radius 2 is 2.08 bits per heavy atom. The van der Waals surface area contributed by atoms with Crippen LogP contribution in [-0.4, -0.2) is 5.78 Å². The molecule has 0 aromatic heterocycles. The second-order valence-electron chi connectivity index (χ2n) is 3.62. The second-order valence-corrected chi connectivity index (χ2v) is 3.62. The van der Waals surface area contributed by atoms with Gasteiger partial charge in [0.2, 0.25) is 0 Å². The molecular formula is C11H18O. The number of rotatable bonds is 3. The van der Waals surface area contributed by atoms with E-state index >= 15 is 0 Å². The van der Waals surface area contributed by atoms with Gasteiger partial charge in [-0.25, -0.2) is 0 Å². The first-order valence-electron chi connectivity index (χ1n) is 4.87. The van der Waals surface area contributed by atoms with Crippen LogP contribution in [0.4, 0.5) is 0 Å². The molecule has 1 aliphatic rings. The number of allylic oxidation sites excluding steroid dienone is 2. The third kappa shape index (κ3) is 1.12. The van der Waals surface area contributed by atoms with E-state index in [0.29, 0.717) is 11.7 Å². The molecule has 1 fully saturated rings. The van der Waals surface area contributed by atoms with E-state index in [1.807, 2.05) is 6.92 Å². The van der Waals surface area contributed by atoms with Crippen molar-refractivity contribution >= 4 is 5.78 Å². The quantitative estimate of drug-likeness (QED) is 0.589. The van der Waals surface area contributed by atoms with Crippen LogP contribution in [0.25, 0.3) is 0 Å². The fraction of sp³-hybridized carbons (Fsp3) is 0.727. The zero-order chi connectivity index (χ0) is 9.19. The van der Waals surface area contributed by atoms with Crippen LogP contribution in [0, 0.1) is 11.3 Å². The van der Waals surface area contributed by atoms with Crippen LogP contribution in [0.5, 0.6) is 0 Å². The van der Waals surface area contributed by atoms with E-state index in [9.17, 15) is 4.79 Å². The molecule has 1 atom stereocenters. The molecule has 1 aliphatic carbocycles. The van der Waals surface area contributed by atoms with E-state index in [1.54, 1.807) is 0 Å². The summed E-state index contributed by atoms with van der Waals surface area (Å²) in [6.07, 6.45) is 7.02. The lowest BCUT2D eigenvalue weighted by atomic mass is 9.56. The molecule has 0 bridgehead atoms. The molecule has 1 nitrogen and oxygen atoms in total. The van der Waals surface area contributed by atoms with Gasteiger partial charge in [0, 0.05) is 11.8 Å². The molecule has 0 heterocycles. The van der Waals surface area contributed by atoms with Crippen molar-refractivity contribution in [1.29, 1.82) is 0 Å². The number of carbonyl (C=O) groups is 1. The molecule has 1 rings (SSSR count). The first-order chi connectivity index (χ1) is 5.71.